The average Bonchev–Trinajstić information content (AvgIpc) is 2.95. The van der Waals surface area contributed by atoms with E-state index in [1.54, 1.807) is 6.07 Å². The molecule has 7 heteroatoms. The molecular weight excluding hydrogens is 396 g/mol. The Kier molecular flexibility index (Phi) is 6.43. The average molecular weight is 421 g/mol. The molecule has 0 aromatic heterocycles. The highest BCUT2D eigenvalue weighted by Crippen LogP contribution is 2.28. The van der Waals surface area contributed by atoms with Crippen molar-refractivity contribution in [1.29, 1.82) is 0 Å². The summed E-state index contributed by atoms with van der Waals surface area (Å²) < 4.78 is 27.7. The Bertz CT molecular complexity index is 981. The molecular formula is C21H25ClN2O3S. The molecule has 0 unspecified atom stereocenters. The number of aryl methyl sites for hydroxylation is 2. The standard InChI is InChI=1S/C21H25ClN2O3S/c1-15-7-8-16(2)19(13-15)23-21(25)17-9-10-18(22)20(14-17)28(26,27)24-11-5-3-4-6-12-24/h7-10,13-14H,3-6,11-12H2,1-2H3,(H,23,25). The highest BCUT2D eigenvalue weighted by atomic mass is 35.5. The van der Waals surface area contributed by atoms with Crippen molar-refractivity contribution in [1.82, 2.24) is 4.31 Å². The van der Waals surface area contributed by atoms with Crippen LogP contribution in [0.3, 0.4) is 0 Å². The molecule has 150 valence electrons. The van der Waals surface area contributed by atoms with E-state index in [0.717, 1.165) is 36.8 Å². The third-order valence-corrected chi connectivity index (χ3v) is 7.40. The fraction of sp³-hybridized carbons (Fsp3) is 0.381. The molecule has 1 N–H and O–H groups in total. The summed E-state index contributed by atoms with van der Waals surface area (Å²) in [5.74, 6) is -0.363. The first-order valence-electron chi connectivity index (χ1n) is 9.47. The summed E-state index contributed by atoms with van der Waals surface area (Å²) in [6.07, 6.45) is 3.73. The summed E-state index contributed by atoms with van der Waals surface area (Å²) in [7, 11) is -3.74. The van der Waals surface area contributed by atoms with Gasteiger partial charge in [-0.1, -0.05) is 36.6 Å². The molecule has 28 heavy (non-hydrogen) atoms. The number of benzene rings is 2. The van der Waals surface area contributed by atoms with Gasteiger partial charge in [0.05, 0.1) is 5.02 Å². The molecule has 0 saturated carbocycles. The number of amides is 1. The Morgan fingerprint density at radius 3 is 2.36 bits per heavy atom. The predicted molar refractivity (Wildman–Crippen MR) is 113 cm³/mol. The van der Waals surface area contributed by atoms with Gasteiger partial charge < -0.3 is 5.32 Å². The summed E-state index contributed by atoms with van der Waals surface area (Å²) in [5.41, 5.74) is 2.93. The van der Waals surface area contributed by atoms with Gasteiger partial charge in [0.15, 0.2) is 0 Å². The van der Waals surface area contributed by atoms with Crippen molar-refractivity contribution in [2.45, 2.75) is 44.4 Å². The van der Waals surface area contributed by atoms with Gasteiger partial charge in [-0.15, -0.1) is 0 Å². The smallest absolute Gasteiger partial charge is 0.255 e. The highest BCUT2D eigenvalue weighted by molar-refractivity contribution is 7.89. The van der Waals surface area contributed by atoms with Crippen molar-refractivity contribution in [3.63, 3.8) is 0 Å². The van der Waals surface area contributed by atoms with Gasteiger partial charge in [0, 0.05) is 24.3 Å². The highest BCUT2D eigenvalue weighted by Gasteiger charge is 2.28. The molecule has 0 radical (unpaired) electrons. The number of carbonyl (C=O) groups is 1. The van der Waals surface area contributed by atoms with E-state index < -0.39 is 10.0 Å². The second kappa shape index (κ2) is 8.64. The van der Waals surface area contributed by atoms with Gasteiger partial charge in [-0.3, -0.25) is 4.79 Å². The summed E-state index contributed by atoms with van der Waals surface area (Å²) in [6, 6.07) is 10.2. The minimum Gasteiger partial charge on any atom is -0.322 e. The van der Waals surface area contributed by atoms with Gasteiger partial charge >= 0.3 is 0 Å². The fourth-order valence-electron chi connectivity index (χ4n) is 3.33. The van der Waals surface area contributed by atoms with E-state index in [1.807, 2.05) is 32.0 Å². The van der Waals surface area contributed by atoms with E-state index in [1.165, 1.54) is 16.4 Å². The van der Waals surface area contributed by atoms with Gasteiger partial charge in [0.25, 0.3) is 5.91 Å². The van der Waals surface area contributed by atoms with Crippen LogP contribution in [0.4, 0.5) is 5.69 Å². The van der Waals surface area contributed by atoms with Crippen molar-refractivity contribution >= 4 is 33.2 Å². The molecule has 1 aliphatic heterocycles. The number of nitrogens with zero attached hydrogens (tertiary/aromatic N) is 1. The van der Waals surface area contributed by atoms with Crippen LogP contribution in [0.5, 0.6) is 0 Å². The summed E-state index contributed by atoms with van der Waals surface area (Å²) in [5, 5.41) is 3.00. The Morgan fingerprint density at radius 1 is 1.00 bits per heavy atom. The Morgan fingerprint density at radius 2 is 1.68 bits per heavy atom. The molecule has 2 aromatic rings. The maximum absolute atomic E-state index is 13.1. The Labute approximate surface area is 171 Å². The first kappa shape index (κ1) is 20.8. The number of halogens is 1. The number of anilines is 1. The molecule has 1 saturated heterocycles. The second-order valence-corrected chi connectivity index (χ2v) is 9.55. The monoisotopic (exact) mass is 420 g/mol. The fourth-order valence-corrected chi connectivity index (χ4v) is 5.35. The van der Waals surface area contributed by atoms with Crippen molar-refractivity contribution in [2.75, 3.05) is 18.4 Å². The Hall–Kier alpha value is -1.89. The molecule has 1 heterocycles. The van der Waals surface area contributed by atoms with Gasteiger partial charge in [-0.05, 0) is 62.1 Å². The number of carbonyl (C=O) groups excluding carboxylic acids is 1. The summed E-state index contributed by atoms with van der Waals surface area (Å²) in [6.45, 7) is 4.82. The first-order chi connectivity index (χ1) is 13.3. The molecule has 1 amide bonds. The number of hydrogen-bond donors (Lipinski definition) is 1. The number of nitrogens with one attached hydrogen (secondary N) is 1. The maximum atomic E-state index is 13.1. The van der Waals surface area contributed by atoms with Crippen molar-refractivity contribution in [2.24, 2.45) is 0 Å². The molecule has 5 nitrogen and oxygen atoms in total. The van der Waals surface area contributed by atoms with Crippen molar-refractivity contribution < 1.29 is 13.2 Å². The number of sulfonamides is 1. The molecule has 2 aromatic carbocycles. The van der Waals surface area contributed by atoms with E-state index in [-0.39, 0.29) is 21.4 Å². The molecule has 0 spiro atoms. The van der Waals surface area contributed by atoms with Gasteiger partial charge in [-0.2, -0.15) is 4.31 Å². The number of rotatable bonds is 4. The van der Waals surface area contributed by atoms with Crippen LogP contribution in [0.1, 0.15) is 47.2 Å². The van der Waals surface area contributed by atoms with Crippen LogP contribution in [-0.2, 0) is 10.0 Å². The molecule has 0 aliphatic carbocycles. The van der Waals surface area contributed by atoms with Crippen LogP contribution in [0.15, 0.2) is 41.3 Å². The SMILES string of the molecule is Cc1ccc(C)c(NC(=O)c2ccc(Cl)c(S(=O)(=O)N3CCCCCC3)c2)c1. The lowest BCUT2D eigenvalue weighted by Crippen LogP contribution is -2.32. The lowest BCUT2D eigenvalue weighted by molar-refractivity contribution is 0.102. The minimum atomic E-state index is -3.74. The molecule has 0 bridgehead atoms. The van der Waals surface area contributed by atoms with Crippen LogP contribution >= 0.6 is 11.6 Å². The third kappa shape index (κ3) is 4.57. The van der Waals surface area contributed by atoms with Crippen LogP contribution in [0.2, 0.25) is 5.02 Å². The topological polar surface area (TPSA) is 66.5 Å². The van der Waals surface area contributed by atoms with E-state index in [2.05, 4.69) is 5.32 Å². The number of hydrogen-bond acceptors (Lipinski definition) is 3. The zero-order valence-electron chi connectivity index (χ0n) is 16.2. The molecule has 1 aliphatic rings. The first-order valence-corrected chi connectivity index (χ1v) is 11.3. The van der Waals surface area contributed by atoms with E-state index in [9.17, 15) is 13.2 Å². The zero-order chi connectivity index (χ0) is 20.3. The van der Waals surface area contributed by atoms with Crippen LogP contribution < -0.4 is 5.32 Å². The van der Waals surface area contributed by atoms with Crippen molar-refractivity contribution in [3.05, 3.63) is 58.1 Å². The van der Waals surface area contributed by atoms with Crippen LogP contribution in [-0.4, -0.2) is 31.7 Å². The Balaban J connectivity index is 1.90. The quantitative estimate of drug-likeness (QED) is 0.774. The second-order valence-electron chi connectivity index (χ2n) is 7.24. The van der Waals surface area contributed by atoms with E-state index >= 15 is 0 Å². The van der Waals surface area contributed by atoms with Crippen molar-refractivity contribution in [3.8, 4) is 0 Å². The lowest BCUT2D eigenvalue weighted by atomic mass is 10.1. The van der Waals surface area contributed by atoms with E-state index in [0.29, 0.717) is 18.8 Å². The van der Waals surface area contributed by atoms with Gasteiger partial charge in [-0.25, -0.2) is 8.42 Å². The molecule has 1 fully saturated rings. The largest absolute Gasteiger partial charge is 0.322 e. The summed E-state index contributed by atoms with van der Waals surface area (Å²) >= 11 is 6.21. The zero-order valence-corrected chi connectivity index (χ0v) is 17.7. The lowest BCUT2D eigenvalue weighted by Gasteiger charge is -2.21. The van der Waals surface area contributed by atoms with Gasteiger partial charge in [0.2, 0.25) is 10.0 Å². The van der Waals surface area contributed by atoms with Crippen LogP contribution in [0.25, 0.3) is 0 Å². The molecule has 3 rings (SSSR count). The minimum absolute atomic E-state index is 0.00955. The third-order valence-electron chi connectivity index (χ3n) is 5.02. The molecule has 0 atom stereocenters. The normalized spacial score (nSPS) is 15.8. The van der Waals surface area contributed by atoms with Crippen LogP contribution in [0, 0.1) is 13.8 Å². The maximum Gasteiger partial charge on any atom is 0.255 e. The van der Waals surface area contributed by atoms with E-state index in [4.69, 9.17) is 11.6 Å². The van der Waals surface area contributed by atoms with Gasteiger partial charge in [0.1, 0.15) is 4.90 Å². The predicted octanol–water partition coefficient (Wildman–Crippen LogP) is 4.77. The summed E-state index contributed by atoms with van der Waals surface area (Å²) in [4.78, 5) is 12.7.